The van der Waals surface area contributed by atoms with Crippen molar-refractivity contribution in [3.8, 4) is 11.5 Å². The molecule has 0 heterocycles. The van der Waals surface area contributed by atoms with E-state index in [1.165, 1.54) is 12.1 Å². The standard InChI is InChI=1S/C16H18FNO2/c1-20-15-5-6-16(19)13(10-15)11-18-8-7-12-3-2-4-14(17)9-12/h2-6,9-10,18-19H,7-8,11H2,1H3. The molecular weight excluding hydrogens is 257 g/mol. The molecular formula is C16H18FNO2. The number of hydrogen-bond donors (Lipinski definition) is 2. The SMILES string of the molecule is COc1ccc(O)c(CNCCc2cccc(F)c2)c1. The number of ether oxygens (including phenoxy) is 1. The molecule has 0 radical (unpaired) electrons. The van der Waals surface area contributed by atoms with Gasteiger partial charge in [-0.2, -0.15) is 0 Å². The maximum absolute atomic E-state index is 13.0. The third-order valence-corrected chi connectivity index (χ3v) is 3.08. The van der Waals surface area contributed by atoms with Gasteiger partial charge in [-0.15, -0.1) is 0 Å². The fourth-order valence-electron chi connectivity index (χ4n) is 1.98. The Labute approximate surface area is 118 Å². The largest absolute Gasteiger partial charge is 0.508 e. The number of hydrogen-bond acceptors (Lipinski definition) is 3. The first-order chi connectivity index (χ1) is 9.69. The normalized spacial score (nSPS) is 10.5. The molecule has 2 rings (SSSR count). The molecule has 0 aromatic heterocycles. The van der Waals surface area contributed by atoms with E-state index < -0.39 is 0 Å². The minimum Gasteiger partial charge on any atom is -0.508 e. The van der Waals surface area contributed by atoms with E-state index in [9.17, 15) is 9.50 Å². The zero-order valence-electron chi connectivity index (χ0n) is 11.4. The highest BCUT2D eigenvalue weighted by molar-refractivity contribution is 5.39. The van der Waals surface area contributed by atoms with Gasteiger partial charge >= 0.3 is 0 Å². The minimum absolute atomic E-state index is 0.215. The van der Waals surface area contributed by atoms with Gasteiger partial charge in [0.05, 0.1) is 7.11 Å². The summed E-state index contributed by atoms with van der Waals surface area (Å²) in [5.41, 5.74) is 1.73. The third kappa shape index (κ3) is 3.96. The molecule has 0 fully saturated rings. The fraction of sp³-hybridized carbons (Fsp3) is 0.250. The Morgan fingerprint density at radius 1 is 1.20 bits per heavy atom. The van der Waals surface area contributed by atoms with Crippen molar-refractivity contribution in [3.63, 3.8) is 0 Å². The average Bonchev–Trinajstić information content (AvgIpc) is 2.45. The van der Waals surface area contributed by atoms with Crippen LogP contribution in [-0.2, 0) is 13.0 Å². The van der Waals surface area contributed by atoms with E-state index in [0.29, 0.717) is 18.8 Å². The van der Waals surface area contributed by atoms with Crippen LogP contribution in [0.5, 0.6) is 11.5 Å². The highest BCUT2D eigenvalue weighted by Crippen LogP contribution is 2.22. The lowest BCUT2D eigenvalue weighted by molar-refractivity contribution is 0.410. The quantitative estimate of drug-likeness (QED) is 0.797. The summed E-state index contributed by atoms with van der Waals surface area (Å²) in [7, 11) is 1.59. The lowest BCUT2D eigenvalue weighted by Crippen LogP contribution is -2.16. The van der Waals surface area contributed by atoms with E-state index in [4.69, 9.17) is 4.74 Å². The van der Waals surface area contributed by atoms with Crippen LogP contribution in [0.15, 0.2) is 42.5 Å². The van der Waals surface area contributed by atoms with Gasteiger partial charge in [-0.05, 0) is 48.9 Å². The second-order valence-electron chi connectivity index (χ2n) is 4.55. The van der Waals surface area contributed by atoms with Gasteiger partial charge < -0.3 is 15.2 Å². The number of rotatable bonds is 6. The first kappa shape index (κ1) is 14.3. The molecule has 0 aliphatic rings. The van der Waals surface area contributed by atoms with Crippen molar-refractivity contribution in [1.82, 2.24) is 5.32 Å². The Bertz CT molecular complexity index is 572. The predicted molar refractivity (Wildman–Crippen MR) is 76.5 cm³/mol. The molecule has 0 atom stereocenters. The average molecular weight is 275 g/mol. The molecule has 0 unspecified atom stereocenters. The van der Waals surface area contributed by atoms with E-state index in [-0.39, 0.29) is 11.6 Å². The van der Waals surface area contributed by atoms with Crippen LogP contribution in [0, 0.1) is 5.82 Å². The number of phenols is 1. The number of nitrogens with one attached hydrogen (secondary N) is 1. The smallest absolute Gasteiger partial charge is 0.123 e. The van der Waals surface area contributed by atoms with Crippen LogP contribution < -0.4 is 10.1 Å². The molecule has 0 amide bonds. The number of phenolic OH excluding ortho intramolecular Hbond substituents is 1. The maximum atomic E-state index is 13.0. The van der Waals surface area contributed by atoms with Crippen LogP contribution in [0.2, 0.25) is 0 Å². The van der Waals surface area contributed by atoms with Crippen LogP contribution in [0.4, 0.5) is 4.39 Å². The van der Waals surface area contributed by atoms with Crippen molar-refractivity contribution >= 4 is 0 Å². The lowest BCUT2D eigenvalue weighted by atomic mass is 10.1. The molecule has 3 nitrogen and oxygen atoms in total. The molecule has 0 bridgehead atoms. The van der Waals surface area contributed by atoms with Crippen molar-refractivity contribution in [1.29, 1.82) is 0 Å². The molecule has 4 heteroatoms. The minimum atomic E-state index is -0.215. The van der Waals surface area contributed by atoms with Gasteiger partial charge in [0.2, 0.25) is 0 Å². The molecule has 0 spiro atoms. The first-order valence-electron chi connectivity index (χ1n) is 6.50. The molecule has 106 valence electrons. The highest BCUT2D eigenvalue weighted by atomic mass is 19.1. The predicted octanol–water partition coefficient (Wildman–Crippen LogP) is 2.87. The number of methoxy groups -OCH3 is 1. The van der Waals surface area contributed by atoms with Crippen molar-refractivity contribution in [2.75, 3.05) is 13.7 Å². The monoisotopic (exact) mass is 275 g/mol. The van der Waals surface area contributed by atoms with Gasteiger partial charge in [0.25, 0.3) is 0 Å². The molecule has 0 saturated carbocycles. The Hall–Kier alpha value is -2.07. The Morgan fingerprint density at radius 2 is 2.05 bits per heavy atom. The van der Waals surface area contributed by atoms with Crippen LogP contribution in [0.25, 0.3) is 0 Å². The molecule has 0 aliphatic heterocycles. The van der Waals surface area contributed by atoms with Gasteiger partial charge in [0.1, 0.15) is 17.3 Å². The molecule has 0 aliphatic carbocycles. The molecule has 2 aromatic rings. The number of aromatic hydroxyl groups is 1. The van der Waals surface area contributed by atoms with Crippen LogP contribution >= 0.6 is 0 Å². The fourth-order valence-corrected chi connectivity index (χ4v) is 1.98. The van der Waals surface area contributed by atoms with Gasteiger partial charge in [-0.25, -0.2) is 4.39 Å². The van der Waals surface area contributed by atoms with Crippen LogP contribution in [0.1, 0.15) is 11.1 Å². The number of halogens is 1. The number of benzene rings is 2. The molecule has 0 saturated heterocycles. The van der Waals surface area contributed by atoms with E-state index in [1.54, 1.807) is 31.4 Å². The molecule has 2 aromatic carbocycles. The summed E-state index contributed by atoms with van der Waals surface area (Å²) in [4.78, 5) is 0. The van der Waals surface area contributed by atoms with E-state index in [0.717, 1.165) is 17.5 Å². The zero-order chi connectivity index (χ0) is 14.4. The van der Waals surface area contributed by atoms with Crippen molar-refractivity contribution in [2.24, 2.45) is 0 Å². The Kier molecular flexibility index (Phi) is 4.96. The molecule has 20 heavy (non-hydrogen) atoms. The van der Waals surface area contributed by atoms with Gasteiger partial charge in [-0.3, -0.25) is 0 Å². The highest BCUT2D eigenvalue weighted by Gasteiger charge is 2.03. The van der Waals surface area contributed by atoms with Crippen molar-refractivity contribution in [2.45, 2.75) is 13.0 Å². The summed E-state index contributed by atoms with van der Waals surface area (Å²) in [5, 5.41) is 13.0. The van der Waals surface area contributed by atoms with E-state index >= 15 is 0 Å². The Morgan fingerprint density at radius 3 is 2.80 bits per heavy atom. The first-order valence-corrected chi connectivity index (χ1v) is 6.50. The third-order valence-electron chi connectivity index (χ3n) is 3.08. The molecule has 2 N–H and O–H groups in total. The second kappa shape index (κ2) is 6.91. The summed E-state index contributed by atoms with van der Waals surface area (Å²) in [6, 6.07) is 11.7. The summed E-state index contributed by atoms with van der Waals surface area (Å²) in [6.45, 7) is 1.25. The maximum Gasteiger partial charge on any atom is 0.123 e. The van der Waals surface area contributed by atoms with E-state index in [2.05, 4.69) is 5.32 Å². The van der Waals surface area contributed by atoms with Crippen molar-refractivity contribution < 1.29 is 14.2 Å². The van der Waals surface area contributed by atoms with Crippen molar-refractivity contribution in [3.05, 3.63) is 59.4 Å². The van der Waals surface area contributed by atoms with Gasteiger partial charge in [0, 0.05) is 12.1 Å². The van der Waals surface area contributed by atoms with Gasteiger partial charge in [-0.1, -0.05) is 12.1 Å². The van der Waals surface area contributed by atoms with Gasteiger partial charge in [0.15, 0.2) is 0 Å². The lowest BCUT2D eigenvalue weighted by Gasteiger charge is -2.09. The Balaban J connectivity index is 1.84. The van der Waals surface area contributed by atoms with Crippen LogP contribution in [0.3, 0.4) is 0 Å². The summed E-state index contributed by atoms with van der Waals surface area (Å²) < 4.78 is 18.1. The van der Waals surface area contributed by atoms with E-state index in [1.807, 2.05) is 6.07 Å². The second-order valence-corrected chi connectivity index (χ2v) is 4.55. The van der Waals surface area contributed by atoms with Crippen LogP contribution in [-0.4, -0.2) is 18.8 Å². The summed E-state index contributed by atoms with van der Waals surface area (Å²) >= 11 is 0. The summed E-state index contributed by atoms with van der Waals surface area (Å²) in [5.74, 6) is 0.738. The zero-order valence-corrected chi connectivity index (χ0v) is 11.4. The topological polar surface area (TPSA) is 41.5 Å². The summed E-state index contributed by atoms with van der Waals surface area (Å²) in [6.07, 6.45) is 0.739.